The number of nitrogens with zero attached hydrogens (tertiary/aromatic N) is 2. The molecule has 0 saturated carbocycles. The van der Waals surface area contributed by atoms with Crippen molar-refractivity contribution < 1.29 is 0 Å². The minimum atomic E-state index is 0.591. The van der Waals surface area contributed by atoms with Crippen molar-refractivity contribution in [3.05, 3.63) is 69.3 Å². The second-order valence-corrected chi connectivity index (χ2v) is 7.11. The topological polar surface area (TPSA) is 25.2 Å². The highest BCUT2D eigenvalue weighted by atomic mass is 35.5. The second-order valence-electron chi connectivity index (χ2n) is 5.32. The molecule has 0 atom stereocenters. The molecule has 0 saturated heterocycles. The molecule has 1 heterocycles. The predicted octanol–water partition coefficient (Wildman–Crippen LogP) is 5.97. The van der Waals surface area contributed by atoms with Crippen LogP contribution in [-0.4, -0.2) is 11.2 Å². The van der Waals surface area contributed by atoms with Gasteiger partial charge in [0.1, 0.15) is 0 Å². The summed E-state index contributed by atoms with van der Waals surface area (Å²) in [4.78, 5) is 10.4. The zero-order valence-corrected chi connectivity index (χ0v) is 14.4. The summed E-state index contributed by atoms with van der Waals surface area (Å²) in [6.07, 6.45) is 3.69. The number of benzene rings is 2. The first-order valence-electron chi connectivity index (χ1n) is 7.28. The molecule has 0 radical (unpaired) electrons. The van der Waals surface area contributed by atoms with Gasteiger partial charge >= 0.3 is 0 Å². The SMILES string of the molecule is Clc1cccc(Cl)c1C=Nc1nc2c(s1)-c1ccccc1CC2. The Labute approximate surface area is 148 Å². The first-order valence-corrected chi connectivity index (χ1v) is 8.85. The minimum absolute atomic E-state index is 0.591. The number of aromatic nitrogens is 1. The monoisotopic (exact) mass is 358 g/mol. The van der Waals surface area contributed by atoms with Crippen LogP contribution in [0.2, 0.25) is 10.0 Å². The smallest absolute Gasteiger partial charge is 0.209 e. The molecule has 2 aromatic carbocycles. The van der Waals surface area contributed by atoms with Gasteiger partial charge in [-0.05, 0) is 36.1 Å². The standard InChI is InChI=1S/C18H12Cl2N2S/c19-14-6-3-7-15(20)13(14)10-21-18-22-16-9-8-11-4-1-2-5-12(11)17(16)23-18/h1-7,10H,8-9H2. The number of aryl methyl sites for hydroxylation is 2. The number of halogens is 2. The van der Waals surface area contributed by atoms with Crippen LogP contribution in [0.15, 0.2) is 47.5 Å². The van der Waals surface area contributed by atoms with E-state index in [1.807, 2.05) is 6.07 Å². The van der Waals surface area contributed by atoms with E-state index in [1.54, 1.807) is 29.7 Å². The summed E-state index contributed by atoms with van der Waals surface area (Å²) < 4.78 is 0. The lowest BCUT2D eigenvalue weighted by Crippen LogP contribution is -2.01. The summed E-state index contributed by atoms with van der Waals surface area (Å²) in [6, 6.07) is 13.9. The van der Waals surface area contributed by atoms with Gasteiger partial charge in [0.25, 0.3) is 0 Å². The van der Waals surface area contributed by atoms with E-state index >= 15 is 0 Å². The summed E-state index contributed by atoms with van der Waals surface area (Å²) in [5, 5.41) is 1.92. The maximum absolute atomic E-state index is 6.17. The van der Waals surface area contributed by atoms with Crippen molar-refractivity contribution in [1.82, 2.24) is 4.98 Å². The van der Waals surface area contributed by atoms with E-state index in [-0.39, 0.29) is 0 Å². The van der Waals surface area contributed by atoms with E-state index in [0.29, 0.717) is 10.0 Å². The quantitative estimate of drug-likeness (QED) is 0.518. The summed E-state index contributed by atoms with van der Waals surface area (Å²) in [7, 11) is 0. The third-order valence-corrected chi connectivity index (χ3v) is 5.58. The molecule has 1 aromatic heterocycles. The van der Waals surface area contributed by atoms with Gasteiger partial charge in [-0.25, -0.2) is 9.98 Å². The average Bonchev–Trinajstić information content (AvgIpc) is 2.98. The fourth-order valence-corrected chi connectivity index (χ4v) is 4.25. The molecule has 5 heteroatoms. The van der Waals surface area contributed by atoms with Gasteiger partial charge in [0, 0.05) is 11.8 Å². The van der Waals surface area contributed by atoms with Crippen LogP contribution in [0.4, 0.5) is 5.13 Å². The molecular weight excluding hydrogens is 347 g/mol. The first-order chi connectivity index (χ1) is 11.2. The van der Waals surface area contributed by atoms with E-state index in [9.17, 15) is 0 Å². The Kier molecular flexibility index (Phi) is 3.93. The van der Waals surface area contributed by atoms with Gasteiger partial charge in [0.2, 0.25) is 5.13 Å². The van der Waals surface area contributed by atoms with Gasteiger partial charge in [0.15, 0.2) is 0 Å². The number of fused-ring (bicyclic) bond motifs is 3. The third-order valence-electron chi connectivity index (χ3n) is 3.88. The van der Waals surface area contributed by atoms with Gasteiger partial charge in [-0.1, -0.05) is 64.9 Å². The molecule has 23 heavy (non-hydrogen) atoms. The number of hydrogen-bond donors (Lipinski definition) is 0. The van der Waals surface area contributed by atoms with Crippen LogP contribution >= 0.6 is 34.5 Å². The summed E-state index contributed by atoms with van der Waals surface area (Å²) in [5.41, 5.74) is 4.52. The molecular formula is C18H12Cl2N2S. The van der Waals surface area contributed by atoms with Gasteiger partial charge < -0.3 is 0 Å². The van der Waals surface area contributed by atoms with Crippen LogP contribution in [-0.2, 0) is 12.8 Å². The summed E-state index contributed by atoms with van der Waals surface area (Å²) in [5.74, 6) is 0. The Bertz CT molecular complexity index is 895. The van der Waals surface area contributed by atoms with Crippen LogP contribution in [0.25, 0.3) is 10.4 Å². The Morgan fingerprint density at radius 2 is 1.78 bits per heavy atom. The van der Waals surface area contributed by atoms with E-state index in [1.165, 1.54) is 16.0 Å². The Balaban J connectivity index is 1.71. The highest BCUT2D eigenvalue weighted by Crippen LogP contribution is 2.40. The lowest BCUT2D eigenvalue weighted by molar-refractivity contribution is 0.910. The molecule has 3 aromatic rings. The molecule has 0 fully saturated rings. The number of thiazole rings is 1. The Morgan fingerprint density at radius 3 is 2.61 bits per heavy atom. The molecule has 0 amide bonds. The molecule has 0 unspecified atom stereocenters. The lowest BCUT2D eigenvalue weighted by Gasteiger charge is -2.13. The van der Waals surface area contributed by atoms with E-state index in [2.05, 4.69) is 34.2 Å². The molecule has 4 rings (SSSR count). The minimum Gasteiger partial charge on any atom is -0.227 e. The highest BCUT2D eigenvalue weighted by molar-refractivity contribution is 7.18. The normalized spacial score (nSPS) is 13.1. The van der Waals surface area contributed by atoms with Crippen molar-refractivity contribution in [2.24, 2.45) is 4.99 Å². The van der Waals surface area contributed by atoms with E-state index in [0.717, 1.165) is 29.2 Å². The van der Waals surface area contributed by atoms with Crippen molar-refractivity contribution in [3.63, 3.8) is 0 Å². The van der Waals surface area contributed by atoms with Gasteiger partial charge in [-0.3, -0.25) is 0 Å². The van der Waals surface area contributed by atoms with E-state index in [4.69, 9.17) is 23.2 Å². The van der Waals surface area contributed by atoms with Gasteiger partial charge in [-0.15, -0.1) is 0 Å². The fourth-order valence-electron chi connectivity index (χ4n) is 2.74. The van der Waals surface area contributed by atoms with Crippen LogP contribution in [0, 0.1) is 0 Å². The van der Waals surface area contributed by atoms with Crippen LogP contribution in [0.5, 0.6) is 0 Å². The first kappa shape index (κ1) is 14.9. The fraction of sp³-hybridized carbons (Fsp3) is 0.111. The van der Waals surface area contributed by atoms with Crippen molar-refractivity contribution in [3.8, 4) is 10.4 Å². The lowest BCUT2D eigenvalue weighted by atomic mass is 9.94. The highest BCUT2D eigenvalue weighted by Gasteiger charge is 2.20. The number of aliphatic imine (C=N–C) groups is 1. The number of hydrogen-bond acceptors (Lipinski definition) is 3. The maximum atomic E-state index is 6.17. The van der Waals surface area contributed by atoms with Crippen molar-refractivity contribution >= 4 is 45.9 Å². The average molecular weight is 359 g/mol. The van der Waals surface area contributed by atoms with Crippen LogP contribution in [0.1, 0.15) is 16.8 Å². The van der Waals surface area contributed by atoms with Crippen molar-refractivity contribution in [2.75, 3.05) is 0 Å². The molecule has 0 spiro atoms. The van der Waals surface area contributed by atoms with Crippen molar-refractivity contribution in [2.45, 2.75) is 12.8 Å². The molecule has 1 aliphatic carbocycles. The molecule has 0 N–H and O–H groups in total. The Morgan fingerprint density at radius 1 is 1.00 bits per heavy atom. The van der Waals surface area contributed by atoms with Crippen LogP contribution < -0.4 is 0 Å². The predicted molar refractivity (Wildman–Crippen MR) is 98.7 cm³/mol. The van der Waals surface area contributed by atoms with Crippen LogP contribution in [0.3, 0.4) is 0 Å². The molecule has 1 aliphatic rings. The van der Waals surface area contributed by atoms with Gasteiger partial charge in [0.05, 0.1) is 20.6 Å². The van der Waals surface area contributed by atoms with E-state index < -0.39 is 0 Å². The van der Waals surface area contributed by atoms with Crippen molar-refractivity contribution in [1.29, 1.82) is 0 Å². The molecule has 0 bridgehead atoms. The number of rotatable bonds is 2. The molecule has 0 aliphatic heterocycles. The van der Waals surface area contributed by atoms with Gasteiger partial charge in [-0.2, -0.15) is 0 Å². The Hall–Kier alpha value is -1.68. The maximum Gasteiger partial charge on any atom is 0.209 e. The zero-order valence-electron chi connectivity index (χ0n) is 12.1. The molecule has 114 valence electrons. The second kappa shape index (κ2) is 6.08. The molecule has 2 nitrogen and oxygen atoms in total. The third kappa shape index (κ3) is 2.80. The summed E-state index contributed by atoms with van der Waals surface area (Å²) >= 11 is 14.0. The summed E-state index contributed by atoms with van der Waals surface area (Å²) in [6.45, 7) is 0. The zero-order chi connectivity index (χ0) is 15.8. The largest absolute Gasteiger partial charge is 0.227 e.